The first-order valence-corrected chi connectivity index (χ1v) is 5.46. The third-order valence-electron chi connectivity index (χ3n) is 2.69. The summed E-state index contributed by atoms with van der Waals surface area (Å²) in [5.74, 6) is 0.457. The smallest absolute Gasteiger partial charge is 0.251 e. The van der Waals surface area contributed by atoms with Crippen LogP contribution >= 0.6 is 0 Å². The summed E-state index contributed by atoms with van der Waals surface area (Å²) in [6.45, 7) is 0. The number of aromatic amines is 1. The predicted octanol–water partition coefficient (Wildman–Crippen LogP) is 2.15. The Balaban J connectivity index is 2.34. The van der Waals surface area contributed by atoms with Gasteiger partial charge in [0.2, 0.25) is 0 Å². The molecule has 1 aromatic carbocycles. The van der Waals surface area contributed by atoms with E-state index in [1.54, 1.807) is 0 Å². The molecule has 0 fully saturated rings. The van der Waals surface area contributed by atoms with Crippen molar-refractivity contribution < 1.29 is 4.42 Å². The van der Waals surface area contributed by atoms with Gasteiger partial charge in [0.25, 0.3) is 5.56 Å². The number of aromatic nitrogens is 1. The molecule has 0 unspecified atom stereocenters. The molecule has 4 heteroatoms. The van der Waals surface area contributed by atoms with Gasteiger partial charge in [-0.2, -0.15) is 0 Å². The third-order valence-corrected chi connectivity index (χ3v) is 2.69. The fraction of sp³-hybridized carbons (Fsp3) is 0. The molecular formula is C14H9NO3. The second-order valence-corrected chi connectivity index (χ2v) is 3.92. The maximum absolute atomic E-state index is 11.9. The lowest BCUT2D eigenvalue weighted by Gasteiger charge is -2.02. The van der Waals surface area contributed by atoms with Crippen molar-refractivity contribution in [3.05, 3.63) is 69.2 Å². The lowest BCUT2D eigenvalue weighted by Crippen LogP contribution is -2.07. The van der Waals surface area contributed by atoms with Gasteiger partial charge in [-0.25, -0.2) is 0 Å². The molecule has 1 N–H and O–H groups in total. The van der Waals surface area contributed by atoms with Crippen molar-refractivity contribution in [1.29, 1.82) is 0 Å². The van der Waals surface area contributed by atoms with Gasteiger partial charge < -0.3 is 9.40 Å². The SMILES string of the molecule is O=c1cc2oc(-c3ccccc3)cc(=O)c2c[nH]1. The zero-order valence-electron chi connectivity index (χ0n) is 9.34. The standard InChI is InChI=1S/C14H9NO3/c16-11-6-12(9-4-2-1-3-5-9)18-13-7-14(17)15-8-10(11)13/h1-8H,(H,15,17). The Morgan fingerprint density at radius 2 is 1.78 bits per heavy atom. The van der Waals surface area contributed by atoms with Crippen LogP contribution in [0.4, 0.5) is 0 Å². The minimum Gasteiger partial charge on any atom is -0.456 e. The van der Waals surface area contributed by atoms with Crippen LogP contribution in [0.2, 0.25) is 0 Å². The van der Waals surface area contributed by atoms with Crippen molar-refractivity contribution in [1.82, 2.24) is 4.98 Å². The van der Waals surface area contributed by atoms with Crippen LogP contribution in [0.1, 0.15) is 0 Å². The molecule has 3 aromatic rings. The summed E-state index contributed by atoms with van der Waals surface area (Å²) in [7, 11) is 0. The van der Waals surface area contributed by atoms with Crippen LogP contribution in [-0.2, 0) is 0 Å². The van der Waals surface area contributed by atoms with Crippen LogP contribution in [0.3, 0.4) is 0 Å². The molecule has 0 amide bonds. The number of hydrogen-bond donors (Lipinski definition) is 1. The number of benzene rings is 1. The van der Waals surface area contributed by atoms with E-state index in [2.05, 4.69) is 4.98 Å². The fourth-order valence-corrected chi connectivity index (χ4v) is 1.82. The second-order valence-electron chi connectivity index (χ2n) is 3.92. The van der Waals surface area contributed by atoms with Crippen LogP contribution in [0.25, 0.3) is 22.3 Å². The number of pyridine rings is 1. The first kappa shape index (κ1) is 10.5. The molecule has 0 saturated carbocycles. The summed E-state index contributed by atoms with van der Waals surface area (Å²) >= 11 is 0. The molecule has 4 nitrogen and oxygen atoms in total. The number of rotatable bonds is 1. The molecule has 2 aromatic heterocycles. The maximum atomic E-state index is 11.9. The molecule has 0 aliphatic rings. The summed E-state index contributed by atoms with van der Waals surface area (Å²) in [5, 5.41) is 0.370. The Bertz CT molecular complexity index is 816. The largest absolute Gasteiger partial charge is 0.456 e. The molecule has 0 aliphatic heterocycles. The molecule has 0 spiro atoms. The molecule has 0 bridgehead atoms. The van der Waals surface area contributed by atoms with E-state index in [-0.39, 0.29) is 11.0 Å². The molecule has 18 heavy (non-hydrogen) atoms. The molecule has 0 radical (unpaired) electrons. The van der Waals surface area contributed by atoms with E-state index in [4.69, 9.17) is 4.42 Å². The molecule has 88 valence electrons. The monoisotopic (exact) mass is 239 g/mol. The summed E-state index contributed by atoms with van der Waals surface area (Å²) in [4.78, 5) is 25.6. The zero-order valence-corrected chi connectivity index (χ0v) is 9.34. The van der Waals surface area contributed by atoms with Gasteiger partial charge in [-0.05, 0) is 0 Å². The highest BCUT2D eigenvalue weighted by atomic mass is 16.3. The molecule has 0 saturated heterocycles. The van der Waals surface area contributed by atoms with Gasteiger partial charge in [-0.1, -0.05) is 30.3 Å². The van der Waals surface area contributed by atoms with Crippen molar-refractivity contribution in [3.63, 3.8) is 0 Å². The van der Waals surface area contributed by atoms with Gasteiger partial charge in [-0.3, -0.25) is 9.59 Å². The number of hydrogen-bond acceptors (Lipinski definition) is 3. The van der Waals surface area contributed by atoms with Gasteiger partial charge in [-0.15, -0.1) is 0 Å². The lowest BCUT2D eigenvalue weighted by molar-refractivity contribution is 0.618. The van der Waals surface area contributed by atoms with Gasteiger partial charge in [0.05, 0.1) is 5.39 Å². The van der Waals surface area contributed by atoms with E-state index < -0.39 is 0 Å². The Labute approximate surface area is 102 Å². The summed E-state index contributed by atoms with van der Waals surface area (Å²) < 4.78 is 5.59. The number of nitrogens with one attached hydrogen (secondary N) is 1. The maximum Gasteiger partial charge on any atom is 0.251 e. The topological polar surface area (TPSA) is 63.1 Å². The molecule has 3 rings (SSSR count). The Morgan fingerprint density at radius 1 is 1.00 bits per heavy atom. The van der Waals surface area contributed by atoms with Gasteiger partial charge >= 0.3 is 0 Å². The summed E-state index contributed by atoms with van der Waals surface area (Å²) in [6.07, 6.45) is 1.37. The minimum atomic E-state index is -0.295. The highest BCUT2D eigenvalue weighted by molar-refractivity contribution is 5.77. The molecule has 0 aliphatic carbocycles. The second kappa shape index (κ2) is 4.00. The highest BCUT2D eigenvalue weighted by Gasteiger charge is 2.06. The summed E-state index contributed by atoms with van der Waals surface area (Å²) in [5.41, 5.74) is 0.629. The fourth-order valence-electron chi connectivity index (χ4n) is 1.82. The Kier molecular flexibility index (Phi) is 2.34. The predicted molar refractivity (Wildman–Crippen MR) is 68.5 cm³/mol. The van der Waals surface area contributed by atoms with Crippen LogP contribution in [0.15, 0.2) is 62.7 Å². The van der Waals surface area contributed by atoms with Crippen LogP contribution < -0.4 is 11.0 Å². The molecule has 2 heterocycles. The lowest BCUT2D eigenvalue weighted by atomic mass is 10.1. The van der Waals surface area contributed by atoms with Crippen molar-refractivity contribution in [2.45, 2.75) is 0 Å². The third kappa shape index (κ3) is 1.73. The van der Waals surface area contributed by atoms with Crippen LogP contribution in [-0.4, -0.2) is 4.98 Å². The average Bonchev–Trinajstić information content (AvgIpc) is 2.39. The first-order chi connectivity index (χ1) is 8.74. The van der Waals surface area contributed by atoms with E-state index in [1.807, 2.05) is 30.3 Å². The Morgan fingerprint density at radius 3 is 2.56 bits per heavy atom. The van der Waals surface area contributed by atoms with Crippen LogP contribution in [0.5, 0.6) is 0 Å². The quantitative estimate of drug-likeness (QED) is 0.707. The van der Waals surface area contributed by atoms with Gasteiger partial charge in [0.1, 0.15) is 11.3 Å². The zero-order chi connectivity index (χ0) is 12.5. The first-order valence-electron chi connectivity index (χ1n) is 5.46. The minimum absolute atomic E-state index is 0.175. The van der Waals surface area contributed by atoms with E-state index >= 15 is 0 Å². The number of fused-ring (bicyclic) bond motifs is 1. The van der Waals surface area contributed by atoms with Crippen LogP contribution in [0, 0.1) is 0 Å². The van der Waals surface area contributed by atoms with E-state index in [9.17, 15) is 9.59 Å². The van der Waals surface area contributed by atoms with E-state index in [0.29, 0.717) is 16.7 Å². The van der Waals surface area contributed by atoms with Crippen molar-refractivity contribution >= 4 is 11.0 Å². The number of H-pyrrole nitrogens is 1. The average molecular weight is 239 g/mol. The Hall–Kier alpha value is -2.62. The normalized spacial score (nSPS) is 10.7. The van der Waals surface area contributed by atoms with Crippen molar-refractivity contribution in [2.75, 3.05) is 0 Å². The molecular weight excluding hydrogens is 230 g/mol. The molecule has 0 atom stereocenters. The van der Waals surface area contributed by atoms with Gasteiger partial charge in [0, 0.05) is 23.9 Å². The highest BCUT2D eigenvalue weighted by Crippen LogP contribution is 2.20. The van der Waals surface area contributed by atoms with E-state index in [1.165, 1.54) is 18.3 Å². The van der Waals surface area contributed by atoms with E-state index in [0.717, 1.165) is 5.56 Å². The van der Waals surface area contributed by atoms with Crippen molar-refractivity contribution in [3.8, 4) is 11.3 Å². The van der Waals surface area contributed by atoms with Crippen molar-refractivity contribution in [2.24, 2.45) is 0 Å². The van der Waals surface area contributed by atoms with Gasteiger partial charge in [0.15, 0.2) is 5.43 Å². The summed E-state index contributed by atoms with van der Waals surface area (Å²) in [6, 6.07) is 12.0.